The van der Waals surface area contributed by atoms with Crippen LogP contribution < -0.4 is 15.4 Å². The number of aromatic nitrogens is 1. The summed E-state index contributed by atoms with van der Waals surface area (Å²) >= 11 is 1.64. The lowest BCUT2D eigenvalue weighted by atomic mass is 9.97. The molecule has 7 heteroatoms. The summed E-state index contributed by atoms with van der Waals surface area (Å²) in [5.74, 6) is 1.12. The van der Waals surface area contributed by atoms with E-state index in [2.05, 4.69) is 10.6 Å². The van der Waals surface area contributed by atoms with E-state index in [0.29, 0.717) is 0 Å². The van der Waals surface area contributed by atoms with Crippen molar-refractivity contribution < 1.29 is 9.53 Å². The molecule has 0 aliphatic carbocycles. The molecule has 0 bridgehead atoms. The van der Waals surface area contributed by atoms with Crippen LogP contribution >= 0.6 is 23.7 Å². The minimum atomic E-state index is -0.0214. The number of nitrogens with one attached hydrogen (secondary N) is 2. The molecule has 1 aliphatic rings. The molecule has 0 spiro atoms. The smallest absolute Gasteiger partial charge is 0.223 e. The molecular weight excluding hydrogens is 370 g/mol. The highest BCUT2D eigenvalue weighted by Crippen LogP contribution is 2.32. The number of methoxy groups -OCH3 is 1. The van der Waals surface area contributed by atoms with Gasteiger partial charge in [-0.05, 0) is 64.0 Å². The number of carbonyl (C=O) groups excluding carboxylic acids is 1. The fraction of sp³-hybridized carbons (Fsp3) is 0.474. The number of ether oxygens (including phenoxy) is 1. The predicted octanol–water partition coefficient (Wildman–Crippen LogP) is 3.73. The van der Waals surface area contributed by atoms with Gasteiger partial charge in [0, 0.05) is 11.5 Å². The number of hydrogen-bond acceptors (Lipinski definition) is 5. The molecule has 26 heavy (non-hydrogen) atoms. The van der Waals surface area contributed by atoms with Crippen LogP contribution in [0.15, 0.2) is 24.3 Å². The molecule has 2 N–H and O–H groups in total. The van der Waals surface area contributed by atoms with E-state index in [1.165, 1.54) is 0 Å². The molecule has 5 nitrogen and oxygen atoms in total. The Morgan fingerprint density at radius 2 is 1.96 bits per heavy atom. The van der Waals surface area contributed by atoms with Crippen LogP contribution in [0.25, 0.3) is 10.6 Å². The molecule has 1 unspecified atom stereocenters. The van der Waals surface area contributed by atoms with Crippen LogP contribution in [-0.2, 0) is 4.79 Å². The third-order valence-corrected chi connectivity index (χ3v) is 6.02. The van der Waals surface area contributed by atoms with Crippen molar-refractivity contribution in [3.05, 3.63) is 34.8 Å². The normalized spacial score (nSPS) is 15.8. The molecular formula is C19H26ClN3O2S. The number of carbonyl (C=O) groups is 1. The quantitative estimate of drug-likeness (QED) is 0.809. The SMILES string of the molecule is COc1ccc(-c2nc(C)c(C(C)NC(=O)C3CCNCC3)s2)cc1.Cl. The molecule has 1 fully saturated rings. The van der Waals surface area contributed by atoms with Crippen molar-refractivity contribution in [1.29, 1.82) is 0 Å². The van der Waals surface area contributed by atoms with Crippen LogP contribution in [0.4, 0.5) is 0 Å². The lowest BCUT2D eigenvalue weighted by Gasteiger charge is -2.23. The molecule has 0 radical (unpaired) electrons. The summed E-state index contributed by atoms with van der Waals surface area (Å²) in [6, 6.07) is 7.88. The second-order valence-corrected chi connectivity index (χ2v) is 7.48. The van der Waals surface area contributed by atoms with Gasteiger partial charge in [0.2, 0.25) is 5.91 Å². The zero-order valence-electron chi connectivity index (χ0n) is 15.4. The highest BCUT2D eigenvalue weighted by Gasteiger charge is 2.24. The maximum Gasteiger partial charge on any atom is 0.223 e. The van der Waals surface area contributed by atoms with Crippen molar-refractivity contribution >= 4 is 29.7 Å². The van der Waals surface area contributed by atoms with Crippen molar-refractivity contribution in [3.8, 4) is 16.3 Å². The zero-order chi connectivity index (χ0) is 17.8. The molecule has 1 saturated heterocycles. The maximum atomic E-state index is 12.5. The number of thiazole rings is 1. The van der Waals surface area contributed by atoms with Gasteiger partial charge in [0.1, 0.15) is 10.8 Å². The van der Waals surface area contributed by atoms with Crippen LogP contribution in [-0.4, -0.2) is 31.1 Å². The van der Waals surface area contributed by atoms with Crippen LogP contribution in [0.5, 0.6) is 5.75 Å². The van der Waals surface area contributed by atoms with E-state index in [1.807, 2.05) is 38.1 Å². The lowest BCUT2D eigenvalue weighted by molar-refractivity contribution is -0.126. The Balaban J connectivity index is 0.00000243. The van der Waals surface area contributed by atoms with Gasteiger partial charge in [-0.2, -0.15) is 0 Å². The molecule has 3 rings (SSSR count). The van der Waals surface area contributed by atoms with Crippen molar-refractivity contribution in [2.45, 2.75) is 32.7 Å². The summed E-state index contributed by atoms with van der Waals surface area (Å²) in [4.78, 5) is 18.3. The lowest BCUT2D eigenvalue weighted by Crippen LogP contribution is -2.39. The monoisotopic (exact) mass is 395 g/mol. The number of benzene rings is 1. The summed E-state index contributed by atoms with van der Waals surface area (Å²) in [5, 5.41) is 7.44. The average Bonchev–Trinajstić information content (AvgIpc) is 3.04. The Labute approximate surface area is 165 Å². The van der Waals surface area contributed by atoms with Crippen molar-refractivity contribution in [3.63, 3.8) is 0 Å². The van der Waals surface area contributed by atoms with Gasteiger partial charge in [0.25, 0.3) is 0 Å². The van der Waals surface area contributed by atoms with Gasteiger partial charge in [-0.3, -0.25) is 4.79 Å². The predicted molar refractivity (Wildman–Crippen MR) is 108 cm³/mol. The van der Waals surface area contributed by atoms with E-state index in [9.17, 15) is 4.79 Å². The molecule has 1 aromatic heterocycles. The van der Waals surface area contributed by atoms with Gasteiger partial charge in [-0.15, -0.1) is 23.7 Å². The number of nitrogens with zero attached hydrogens (tertiary/aromatic N) is 1. The topological polar surface area (TPSA) is 63.2 Å². The largest absolute Gasteiger partial charge is 0.497 e. The fourth-order valence-corrected chi connectivity index (χ4v) is 4.22. The van der Waals surface area contributed by atoms with Crippen LogP contribution in [0.3, 0.4) is 0 Å². The summed E-state index contributed by atoms with van der Waals surface area (Å²) in [5.41, 5.74) is 2.05. The fourth-order valence-electron chi connectivity index (χ4n) is 3.15. The highest BCUT2D eigenvalue weighted by atomic mass is 35.5. The summed E-state index contributed by atoms with van der Waals surface area (Å²) in [6.45, 7) is 5.89. The summed E-state index contributed by atoms with van der Waals surface area (Å²) < 4.78 is 5.20. The molecule has 142 valence electrons. The third kappa shape index (κ3) is 4.75. The first-order chi connectivity index (χ1) is 12.1. The van der Waals surface area contributed by atoms with Crippen molar-refractivity contribution in [1.82, 2.24) is 15.6 Å². The standard InChI is InChI=1S/C19H25N3O2S.ClH/c1-12(21-18(23)14-8-10-20-11-9-14)17-13(2)22-19(25-17)15-4-6-16(24-3)7-5-15;/h4-7,12,14,20H,8-11H2,1-3H3,(H,21,23);1H. The molecule has 1 aliphatic heterocycles. The molecule has 1 aromatic carbocycles. The minimum Gasteiger partial charge on any atom is -0.497 e. The maximum absolute atomic E-state index is 12.5. The number of rotatable bonds is 5. The Morgan fingerprint density at radius 3 is 2.58 bits per heavy atom. The van der Waals surface area contributed by atoms with Gasteiger partial charge in [-0.1, -0.05) is 0 Å². The van der Waals surface area contributed by atoms with Gasteiger partial charge in [0.15, 0.2) is 0 Å². The van der Waals surface area contributed by atoms with E-state index < -0.39 is 0 Å². The van der Waals surface area contributed by atoms with E-state index in [-0.39, 0.29) is 30.3 Å². The minimum absolute atomic E-state index is 0. The van der Waals surface area contributed by atoms with Crippen LogP contribution in [0.2, 0.25) is 0 Å². The average molecular weight is 396 g/mol. The van der Waals surface area contributed by atoms with E-state index >= 15 is 0 Å². The van der Waals surface area contributed by atoms with E-state index in [4.69, 9.17) is 9.72 Å². The van der Waals surface area contributed by atoms with Gasteiger partial charge in [-0.25, -0.2) is 4.98 Å². The van der Waals surface area contributed by atoms with E-state index in [1.54, 1.807) is 18.4 Å². The second kappa shape index (κ2) is 9.35. The van der Waals surface area contributed by atoms with Gasteiger partial charge < -0.3 is 15.4 Å². The first kappa shape index (κ1) is 20.7. The summed E-state index contributed by atoms with van der Waals surface area (Å²) in [6.07, 6.45) is 1.83. The molecule has 2 aromatic rings. The number of amides is 1. The van der Waals surface area contributed by atoms with Gasteiger partial charge >= 0.3 is 0 Å². The number of hydrogen-bond donors (Lipinski definition) is 2. The van der Waals surface area contributed by atoms with Gasteiger partial charge in [0.05, 0.1) is 23.7 Å². The Bertz CT molecular complexity index is 727. The molecule has 1 atom stereocenters. The highest BCUT2D eigenvalue weighted by molar-refractivity contribution is 7.15. The van der Waals surface area contributed by atoms with Crippen molar-refractivity contribution in [2.75, 3.05) is 20.2 Å². The Kier molecular flexibility index (Phi) is 7.43. The Hall–Kier alpha value is -1.63. The van der Waals surface area contributed by atoms with Crippen LogP contribution in [0, 0.1) is 12.8 Å². The molecule has 0 saturated carbocycles. The van der Waals surface area contributed by atoms with Crippen molar-refractivity contribution in [2.24, 2.45) is 5.92 Å². The zero-order valence-corrected chi connectivity index (χ0v) is 17.0. The van der Waals surface area contributed by atoms with Crippen LogP contribution in [0.1, 0.15) is 36.4 Å². The second-order valence-electron chi connectivity index (χ2n) is 6.45. The summed E-state index contributed by atoms with van der Waals surface area (Å²) in [7, 11) is 1.66. The first-order valence-corrected chi connectivity index (χ1v) is 9.53. The molecule has 2 heterocycles. The molecule has 1 amide bonds. The number of halogens is 1. The third-order valence-electron chi connectivity index (χ3n) is 4.63. The first-order valence-electron chi connectivity index (χ1n) is 8.71. The number of piperidine rings is 1. The van der Waals surface area contributed by atoms with E-state index in [0.717, 1.165) is 52.8 Å². The Morgan fingerprint density at radius 1 is 1.31 bits per heavy atom. The number of aryl methyl sites for hydroxylation is 1.